The van der Waals surface area contributed by atoms with Gasteiger partial charge in [0.15, 0.2) is 0 Å². The molecule has 0 saturated carbocycles. The van der Waals surface area contributed by atoms with E-state index in [1.807, 2.05) is 20.8 Å². The highest BCUT2D eigenvalue weighted by molar-refractivity contribution is 8.76. The third-order valence-corrected chi connectivity index (χ3v) is 10.2. The first kappa shape index (κ1) is 48.9. The minimum atomic E-state index is -0.585. The zero-order chi connectivity index (χ0) is 41.3. The standard InChI is InChI=1S/C36H61N7O10S2/c1-9-29(45)50-14-15-51-34(49)40-24-36(7,8)21-25(2)10-12-37-32(47)52-16-18-54-55-19-17-53-33(48)38-13-11-35(5,6)22-26(3)23-39-31(46)43-30-41-27(4)20-28(44)42-30/h9,20,25-26H,1,10-19,21-24H2,2-8H3,(H,37,47)(H,38,48)(H,40,49)(H3,39,41,42,43,44,46). The lowest BCUT2D eigenvalue weighted by atomic mass is 9.80. The molecule has 2 unspecified atom stereocenters. The van der Waals surface area contributed by atoms with Gasteiger partial charge in [-0.15, -0.1) is 0 Å². The van der Waals surface area contributed by atoms with E-state index in [9.17, 15) is 28.8 Å². The van der Waals surface area contributed by atoms with Crippen molar-refractivity contribution in [2.24, 2.45) is 22.7 Å². The third kappa shape index (κ3) is 26.3. The molecule has 1 heterocycles. The third-order valence-electron chi connectivity index (χ3n) is 7.82. The molecule has 0 radical (unpaired) electrons. The Hall–Kier alpha value is -4.13. The maximum Gasteiger partial charge on any atom is 0.407 e. The average Bonchev–Trinajstić information content (AvgIpc) is 3.08. The summed E-state index contributed by atoms with van der Waals surface area (Å²) in [6.45, 7) is 19.5. The summed E-state index contributed by atoms with van der Waals surface area (Å²) in [6, 6.07) is 0.886. The van der Waals surface area contributed by atoms with Crippen LogP contribution in [0.5, 0.6) is 0 Å². The lowest BCUT2D eigenvalue weighted by Gasteiger charge is -2.28. The molecule has 0 aliphatic rings. The lowest BCUT2D eigenvalue weighted by molar-refractivity contribution is -0.138. The molecule has 1 aromatic heterocycles. The van der Waals surface area contributed by atoms with Crippen LogP contribution in [0.2, 0.25) is 0 Å². The Morgan fingerprint density at radius 1 is 0.818 bits per heavy atom. The van der Waals surface area contributed by atoms with Crippen molar-refractivity contribution in [2.45, 2.75) is 74.1 Å². The average molecular weight is 816 g/mol. The molecule has 0 bridgehead atoms. The largest absolute Gasteiger partial charge is 0.459 e. The topological polar surface area (TPSA) is 228 Å². The van der Waals surface area contributed by atoms with Crippen LogP contribution in [0.4, 0.5) is 25.1 Å². The number of ether oxygens (including phenoxy) is 4. The molecule has 6 N–H and O–H groups in total. The number of hydrogen-bond donors (Lipinski definition) is 6. The minimum Gasteiger partial charge on any atom is -0.459 e. The Balaban J connectivity index is 2.06. The first-order valence-corrected chi connectivity index (χ1v) is 20.8. The molecule has 1 rings (SSSR count). The molecule has 2 atom stereocenters. The smallest absolute Gasteiger partial charge is 0.407 e. The van der Waals surface area contributed by atoms with Crippen LogP contribution in [0.3, 0.4) is 0 Å². The van der Waals surface area contributed by atoms with Crippen LogP contribution < -0.4 is 32.1 Å². The molecule has 0 aliphatic carbocycles. The number of nitrogens with zero attached hydrogens (tertiary/aromatic N) is 1. The lowest BCUT2D eigenvalue weighted by Crippen LogP contribution is -2.36. The van der Waals surface area contributed by atoms with E-state index in [1.54, 1.807) is 6.92 Å². The second-order valence-corrected chi connectivity index (χ2v) is 17.4. The first-order valence-electron chi connectivity index (χ1n) is 18.3. The monoisotopic (exact) mass is 815 g/mol. The molecule has 0 aliphatic heterocycles. The Morgan fingerprint density at radius 2 is 1.38 bits per heavy atom. The highest BCUT2D eigenvalue weighted by Crippen LogP contribution is 2.29. The number of carbonyl (C=O) groups excluding carboxylic acids is 5. The summed E-state index contributed by atoms with van der Waals surface area (Å²) in [5.41, 5.74) is -0.138. The molecule has 19 heteroatoms. The number of carbonyl (C=O) groups is 5. The molecular weight excluding hydrogens is 755 g/mol. The molecule has 312 valence electrons. The van der Waals surface area contributed by atoms with Crippen molar-refractivity contribution in [3.63, 3.8) is 0 Å². The summed E-state index contributed by atoms with van der Waals surface area (Å²) >= 11 is 0. The van der Waals surface area contributed by atoms with Gasteiger partial charge < -0.3 is 45.2 Å². The van der Waals surface area contributed by atoms with Gasteiger partial charge >= 0.3 is 30.3 Å². The molecule has 17 nitrogen and oxygen atoms in total. The number of hydrogen-bond acceptors (Lipinski definition) is 13. The fourth-order valence-corrected chi connectivity index (χ4v) is 7.12. The number of urea groups is 1. The van der Waals surface area contributed by atoms with Crippen LogP contribution in [0.15, 0.2) is 23.5 Å². The summed E-state index contributed by atoms with van der Waals surface area (Å²) in [4.78, 5) is 77.3. The van der Waals surface area contributed by atoms with Crippen LogP contribution in [0, 0.1) is 29.6 Å². The van der Waals surface area contributed by atoms with Gasteiger partial charge in [-0.1, -0.05) is 69.7 Å². The number of aromatic nitrogens is 2. The highest BCUT2D eigenvalue weighted by atomic mass is 33.1. The van der Waals surface area contributed by atoms with Crippen LogP contribution in [0.25, 0.3) is 0 Å². The molecule has 0 aromatic carbocycles. The van der Waals surface area contributed by atoms with Gasteiger partial charge in [0, 0.05) is 55.5 Å². The van der Waals surface area contributed by atoms with Crippen molar-refractivity contribution in [2.75, 3.05) is 69.4 Å². The predicted octanol–water partition coefficient (Wildman–Crippen LogP) is 5.37. The van der Waals surface area contributed by atoms with E-state index in [2.05, 4.69) is 63.9 Å². The summed E-state index contributed by atoms with van der Waals surface area (Å²) < 4.78 is 20.2. The van der Waals surface area contributed by atoms with Gasteiger partial charge in [0.2, 0.25) is 5.95 Å². The normalized spacial score (nSPS) is 12.3. The van der Waals surface area contributed by atoms with Crippen molar-refractivity contribution >= 4 is 57.8 Å². The van der Waals surface area contributed by atoms with E-state index in [4.69, 9.17) is 18.9 Å². The Morgan fingerprint density at radius 3 is 2.00 bits per heavy atom. The highest BCUT2D eigenvalue weighted by Gasteiger charge is 2.23. The summed E-state index contributed by atoms with van der Waals surface area (Å²) in [5.74, 6) is 1.13. The SMILES string of the molecule is C=CC(=O)OCCOC(=O)NCC(C)(C)CC(C)CCNC(=O)OCCSSCCOC(=O)NCCC(C)(C)CC(C)CNC(=O)Nc1nc(=O)cc(C)[nH]1. The maximum atomic E-state index is 12.2. The Labute approximate surface area is 332 Å². The van der Waals surface area contributed by atoms with Gasteiger partial charge in [-0.2, -0.15) is 4.98 Å². The Bertz CT molecular complexity index is 1430. The number of alkyl carbamates (subject to hydrolysis) is 3. The second kappa shape index (κ2) is 26.6. The van der Waals surface area contributed by atoms with Crippen LogP contribution in [0.1, 0.15) is 72.9 Å². The van der Waals surface area contributed by atoms with Crippen LogP contribution in [-0.2, 0) is 23.7 Å². The number of nitrogens with one attached hydrogen (secondary N) is 6. The van der Waals surface area contributed by atoms with Gasteiger partial charge in [0.05, 0.1) is 0 Å². The molecule has 1 aromatic rings. The number of H-pyrrole nitrogens is 1. The molecule has 5 amide bonds. The summed E-state index contributed by atoms with van der Waals surface area (Å²) in [5, 5.41) is 13.6. The van der Waals surface area contributed by atoms with E-state index in [0.717, 1.165) is 31.8 Å². The molecule has 55 heavy (non-hydrogen) atoms. The summed E-state index contributed by atoms with van der Waals surface area (Å²) in [7, 11) is 3.04. The number of aryl methyl sites for hydroxylation is 1. The van der Waals surface area contributed by atoms with Gasteiger partial charge in [-0.25, -0.2) is 24.0 Å². The van der Waals surface area contributed by atoms with Crippen LogP contribution >= 0.6 is 21.6 Å². The van der Waals surface area contributed by atoms with E-state index < -0.39 is 35.8 Å². The Kier molecular flexibility index (Phi) is 23.7. The van der Waals surface area contributed by atoms with Crippen LogP contribution in [-0.4, -0.2) is 104 Å². The molecule has 0 saturated heterocycles. The second-order valence-electron chi connectivity index (χ2n) is 14.7. The zero-order valence-electron chi connectivity index (χ0n) is 33.3. The number of rotatable bonds is 26. The molecule has 0 fully saturated rings. The fraction of sp³-hybridized carbons (Fsp3) is 0.694. The summed E-state index contributed by atoms with van der Waals surface area (Å²) in [6.07, 6.45) is 2.57. The van der Waals surface area contributed by atoms with Crippen molar-refractivity contribution < 1.29 is 42.9 Å². The number of aromatic amines is 1. The van der Waals surface area contributed by atoms with Gasteiger partial charge in [-0.3, -0.25) is 10.1 Å². The van der Waals surface area contributed by atoms with E-state index in [-0.39, 0.29) is 55.0 Å². The maximum absolute atomic E-state index is 12.2. The zero-order valence-corrected chi connectivity index (χ0v) is 34.9. The number of anilines is 1. The molecule has 0 spiro atoms. The van der Waals surface area contributed by atoms with Gasteiger partial charge in [0.25, 0.3) is 5.56 Å². The number of amides is 5. The van der Waals surface area contributed by atoms with E-state index in [1.165, 1.54) is 27.7 Å². The van der Waals surface area contributed by atoms with Gasteiger partial charge in [-0.05, 0) is 55.3 Å². The predicted molar refractivity (Wildman–Crippen MR) is 215 cm³/mol. The van der Waals surface area contributed by atoms with Crippen molar-refractivity contribution in [1.82, 2.24) is 31.2 Å². The van der Waals surface area contributed by atoms with Crippen molar-refractivity contribution in [3.8, 4) is 0 Å². The van der Waals surface area contributed by atoms with E-state index in [0.29, 0.717) is 43.4 Å². The first-order chi connectivity index (χ1) is 25.9. The van der Waals surface area contributed by atoms with Crippen molar-refractivity contribution in [1.29, 1.82) is 0 Å². The van der Waals surface area contributed by atoms with Crippen molar-refractivity contribution in [3.05, 3.63) is 34.8 Å². The fourth-order valence-electron chi connectivity index (χ4n) is 5.47. The number of esters is 1. The minimum absolute atomic E-state index is 0.0418. The molecular formula is C36H61N7O10S2. The van der Waals surface area contributed by atoms with Gasteiger partial charge in [0.1, 0.15) is 26.4 Å². The van der Waals surface area contributed by atoms with E-state index >= 15 is 0 Å². The quantitative estimate of drug-likeness (QED) is 0.0227.